The van der Waals surface area contributed by atoms with Crippen molar-refractivity contribution in [1.29, 1.82) is 0 Å². The highest BCUT2D eigenvalue weighted by atomic mass is 31.2. The fraction of sp³-hybridized carbons (Fsp3) is 0.583. The molecule has 0 bridgehead atoms. The fourth-order valence-electron chi connectivity index (χ4n) is 2.91. The number of nitrogens with two attached hydrogens (primary N) is 1. The van der Waals surface area contributed by atoms with E-state index in [0.717, 1.165) is 0 Å². The summed E-state index contributed by atoms with van der Waals surface area (Å²) in [6.07, 6.45) is 0.302. The van der Waals surface area contributed by atoms with E-state index >= 15 is 0 Å². The zero-order valence-electron chi connectivity index (χ0n) is 13.0. The number of aromatic nitrogens is 4. The van der Waals surface area contributed by atoms with Gasteiger partial charge in [-0.25, -0.2) is 13.8 Å². The first-order valence-corrected chi connectivity index (χ1v) is 8.96. The Morgan fingerprint density at radius 1 is 1.52 bits per heavy atom. The van der Waals surface area contributed by atoms with Gasteiger partial charge in [0.25, 0.3) is 11.5 Å². The molecule has 13 heteroatoms. The summed E-state index contributed by atoms with van der Waals surface area (Å²) in [6.45, 7) is 0.606. The molecule has 2 aromatic heterocycles. The van der Waals surface area contributed by atoms with Gasteiger partial charge >= 0.3 is 7.60 Å². The van der Waals surface area contributed by atoms with Gasteiger partial charge in [-0.05, 0) is 0 Å². The molecule has 0 unspecified atom stereocenters. The minimum absolute atomic E-state index is 0.0175. The van der Waals surface area contributed by atoms with Crippen molar-refractivity contribution >= 4 is 24.7 Å². The van der Waals surface area contributed by atoms with E-state index in [4.69, 9.17) is 20.3 Å². The number of rotatable bonds is 6. The number of ether oxygens (including phenoxy) is 1. The summed E-state index contributed by atoms with van der Waals surface area (Å²) >= 11 is 0. The van der Waals surface area contributed by atoms with Crippen LogP contribution in [0.5, 0.6) is 0 Å². The van der Waals surface area contributed by atoms with Crippen LogP contribution in [0.25, 0.3) is 11.2 Å². The molecule has 138 valence electrons. The maximum absolute atomic E-state index is 14.2. The number of fused-ring (bicyclic) bond motifs is 1. The lowest BCUT2D eigenvalue weighted by Gasteiger charge is -2.12. The number of hydrogen-bond acceptors (Lipinski definition) is 6. The topological polar surface area (TPSA) is 156 Å². The zero-order valence-corrected chi connectivity index (χ0v) is 13.9. The van der Waals surface area contributed by atoms with E-state index < -0.39 is 43.4 Å². The number of anilines is 1. The van der Waals surface area contributed by atoms with Crippen LogP contribution in [0.1, 0.15) is 6.92 Å². The Labute approximate surface area is 139 Å². The van der Waals surface area contributed by atoms with Crippen LogP contribution in [0, 0.1) is 11.3 Å². The summed E-state index contributed by atoms with van der Waals surface area (Å²) in [5, 5.41) is 0. The van der Waals surface area contributed by atoms with E-state index in [1.54, 1.807) is 0 Å². The van der Waals surface area contributed by atoms with Crippen LogP contribution in [-0.2, 0) is 15.8 Å². The molecule has 10 nitrogen and oxygen atoms in total. The van der Waals surface area contributed by atoms with Crippen LogP contribution in [0.4, 0.5) is 14.7 Å². The number of halogens is 2. The number of hydrogen-bond donors (Lipinski definition) is 4. The highest BCUT2D eigenvalue weighted by Crippen LogP contribution is 2.66. The molecule has 1 aliphatic carbocycles. The smallest absolute Gasteiger partial charge is 0.350 e. The SMILES string of the molecule is C[C@]1(Cn2cnc3c(=O)[nH]c(N)nc32)[C@H](COCP(=O)(O)O)C1(F)F. The summed E-state index contributed by atoms with van der Waals surface area (Å²) in [4.78, 5) is 39.2. The quantitative estimate of drug-likeness (QED) is 0.516. The maximum atomic E-state index is 14.2. The second kappa shape index (κ2) is 5.56. The van der Waals surface area contributed by atoms with Crippen LogP contribution >= 0.6 is 7.60 Å². The number of nitrogens with zero attached hydrogens (tertiary/aromatic N) is 3. The van der Waals surface area contributed by atoms with Gasteiger partial charge in [-0.15, -0.1) is 0 Å². The van der Waals surface area contributed by atoms with Crippen molar-refractivity contribution in [3.63, 3.8) is 0 Å². The van der Waals surface area contributed by atoms with E-state index in [1.807, 2.05) is 0 Å². The van der Waals surface area contributed by atoms with E-state index in [1.165, 1.54) is 17.8 Å². The number of H-pyrrole nitrogens is 1. The molecule has 0 aliphatic heterocycles. The van der Waals surface area contributed by atoms with E-state index in [0.29, 0.717) is 0 Å². The first-order valence-electron chi connectivity index (χ1n) is 7.16. The lowest BCUT2D eigenvalue weighted by atomic mass is 10.1. The molecular formula is C12H16F2N5O5P. The van der Waals surface area contributed by atoms with Crippen LogP contribution < -0.4 is 11.3 Å². The fourth-order valence-corrected chi connectivity index (χ4v) is 3.25. The van der Waals surface area contributed by atoms with Crippen LogP contribution in [0.15, 0.2) is 11.1 Å². The molecule has 1 saturated carbocycles. The molecule has 0 saturated heterocycles. The van der Waals surface area contributed by atoms with E-state index in [9.17, 15) is 18.1 Å². The number of alkyl halides is 2. The second-order valence-corrected chi connectivity index (χ2v) is 7.84. The third kappa shape index (κ3) is 3.06. The summed E-state index contributed by atoms with van der Waals surface area (Å²) in [5.41, 5.74) is 3.43. The Balaban J connectivity index is 1.80. The van der Waals surface area contributed by atoms with Gasteiger partial charge in [-0.3, -0.25) is 14.3 Å². The number of aromatic amines is 1. The molecule has 1 aliphatic rings. The Kier molecular flexibility index (Phi) is 3.99. The molecule has 1 fully saturated rings. The molecule has 2 atom stereocenters. The van der Waals surface area contributed by atoms with Gasteiger partial charge < -0.3 is 24.8 Å². The highest BCUT2D eigenvalue weighted by Gasteiger charge is 2.77. The van der Waals surface area contributed by atoms with Crippen molar-refractivity contribution in [3.8, 4) is 0 Å². The van der Waals surface area contributed by atoms with Gasteiger partial charge in [0.2, 0.25) is 5.95 Å². The molecule has 0 aromatic carbocycles. The molecule has 2 heterocycles. The summed E-state index contributed by atoms with van der Waals surface area (Å²) < 4.78 is 45.2. The molecule has 3 rings (SSSR count). The van der Waals surface area contributed by atoms with Crippen LogP contribution in [-0.4, -0.2) is 48.2 Å². The van der Waals surface area contributed by atoms with Crippen molar-refractivity contribution in [2.75, 3.05) is 18.7 Å². The number of imidazole rings is 1. The molecule has 0 spiro atoms. The minimum Gasteiger partial charge on any atom is -0.369 e. The average molecular weight is 379 g/mol. The molecule has 25 heavy (non-hydrogen) atoms. The van der Waals surface area contributed by atoms with Gasteiger partial charge in [0, 0.05) is 6.54 Å². The van der Waals surface area contributed by atoms with Crippen molar-refractivity contribution in [3.05, 3.63) is 16.7 Å². The Bertz CT molecular complexity index is 924. The van der Waals surface area contributed by atoms with Crippen LogP contribution in [0.2, 0.25) is 0 Å². The first-order chi connectivity index (χ1) is 11.5. The summed E-state index contributed by atoms with van der Waals surface area (Å²) in [6, 6.07) is 0. The number of nitrogen functional groups attached to an aromatic ring is 1. The Morgan fingerprint density at radius 3 is 2.84 bits per heavy atom. The predicted octanol–water partition coefficient (Wildman–Crippen LogP) is 0.125. The maximum Gasteiger partial charge on any atom is 0.350 e. The molecule has 0 amide bonds. The summed E-state index contributed by atoms with van der Waals surface area (Å²) in [7, 11) is -4.42. The molecular weight excluding hydrogens is 363 g/mol. The highest BCUT2D eigenvalue weighted by molar-refractivity contribution is 7.51. The van der Waals surface area contributed by atoms with Crippen molar-refractivity contribution in [2.45, 2.75) is 19.4 Å². The molecule has 2 aromatic rings. The van der Waals surface area contributed by atoms with Gasteiger partial charge in [0.15, 0.2) is 11.2 Å². The Hall–Kier alpha value is -1.88. The van der Waals surface area contributed by atoms with Gasteiger partial charge in [-0.1, -0.05) is 6.92 Å². The predicted molar refractivity (Wildman–Crippen MR) is 82.0 cm³/mol. The van der Waals surface area contributed by atoms with E-state index in [-0.39, 0.29) is 23.7 Å². The second-order valence-electron chi connectivity index (χ2n) is 6.25. The lowest BCUT2D eigenvalue weighted by Crippen LogP contribution is -2.17. The van der Waals surface area contributed by atoms with Crippen molar-refractivity contribution in [1.82, 2.24) is 19.5 Å². The minimum atomic E-state index is -4.42. The van der Waals surface area contributed by atoms with Crippen molar-refractivity contribution < 1.29 is 27.9 Å². The van der Waals surface area contributed by atoms with Crippen LogP contribution in [0.3, 0.4) is 0 Å². The monoisotopic (exact) mass is 379 g/mol. The van der Waals surface area contributed by atoms with Crippen molar-refractivity contribution in [2.24, 2.45) is 11.3 Å². The zero-order chi connectivity index (χ0) is 18.6. The summed E-state index contributed by atoms with van der Waals surface area (Å²) in [5.74, 6) is -4.50. The first kappa shape index (κ1) is 17.9. The lowest BCUT2D eigenvalue weighted by molar-refractivity contribution is 0.0446. The third-order valence-electron chi connectivity index (χ3n) is 4.42. The average Bonchev–Trinajstić information content (AvgIpc) is 2.76. The Morgan fingerprint density at radius 2 is 2.20 bits per heavy atom. The van der Waals surface area contributed by atoms with E-state index in [2.05, 4.69) is 15.0 Å². The van der Waals surface area contributed by atoms with Gasteiger partial charge in [0.1, 0.15) is 6.35 Å². The van der Waals surface area contributed by atoms with Gasteiger partial charge in [0.05, 0.1) is 24.3 Å². The number of nitrogens with one attached hydrogen (secondary N) is 1. The molecule has 0 radical (unpaired) electrons. The largest absolute Gasteiger partial charge is 0.369 e. The van der Waals surface area contributed by atoms with Gasteiger partial charge in [-0.2, -0.15) is 4.98 Å². The molecule has 5 N–H and O–H groups in total. The third-order valence-corrected chi connectivity index (χ3v) is 4.94. The standard InChI is InChI=1S/C12H16F2N5O5P/c1-11(6(12(11,13)14)2-24-5-25(21,22)23)3-19-4-16-7-8(19)17-10(15)18-9(7)20/h4,6H,2-3,5H2,1H3,(H2,21,22,23)(H3,15,17,18,20)/t6-,11-/m0/s1. The normalized spacial score (nSPS) is 25.4.